The molecule has 0 unspecified atom stereocenters. The van der Waals surface area contributed by atoms with Crippen molar-refractivity contribution in [3.05, 3.63) is 88.0 Å². The van der Waals surface area contributed by atoms with E-state index in [0.717, 1.165) is 16.6 Å². The topological polar surface area (TPSA) is 70.9 Å². The summed E-state index contributed by atoms with van der Waals surface area (Å²) < 4.78 is 25.1. The van der Waals surface area contributed by atoms with Crippen molar-refractivity contribution in [1.29, 1.82) is 5.26 Å². The van der Waals surface area contributed by atoms with Crippen molar-refractivity contribution in [2.24, 2.45) is 0 Å². The van der Waals surface area contributed by atoms with E-state index in [0.29, 0.717) is 45.7 Å². The second-order valence-electron chi connectivity index (χ2n) is 7.46. The van der Waals surface area contributed by atoms with E-state index in [4.69, 9.17) is 21.1 Å². The molecule has 0 aliphatic heterocycles. The molecular formula is C26H21ClFN3O2. The monoisotopic (exact) mass is 461 g/mol. The van der Waals surface area contributed by atoms with Gasteiger partial charge in [-0.1, -0.05) is 29.8 Å². The molecule has 0 bridgehead atoms. The summed E-state index contributed by atoms with van der Waals surface area (Å²) in [6, 6.07) is 17.7. The van der Waals surface area contributed by atoms with Crippen LogP contribution in [-0.4, -0.2) is 16.6 Å². The van der Waals surface area contributed by atoms with Gasteiger partial charge in [0.2, 0.25) is 0 Å². The SMILES string of the molecule is CCOc1cc(C=C(C#N)c2nc3ccc(C)cc3[nH]2)cc(Cl)c1OCc1cccc(F)c1. The predicted octanol–water partition coefficient (Wildman–Crippen LogP) is 6.71. The molecular weight excluding hydrogens is 441 g/mol. The number of ether oxygens (including phenoxy) is 2. The lowest BCUT2D eigenvalue weighted by Crippen LogP contribution is -2.01. The Morgan fingerprint density at radius 1 is 1.18 bits per heavy atom. The summed E-state index contributed by atoms with van der Waals surface area (Å²) in [4.78, 5) is 7.72. The number of aryl methyl sites for hydroxylation is 1. The van der Waals surface area contributed by atoms with E-state index < -0.39 is 0 Å². The highest BCUT2D eigenvalue weighted by Gasteiger charge is 2.14. The first-order chi connectivity index (χ1) is 16.0. The Bertz CT molecular complexity index is 1390. The number of nitriles is 1. The van der Waals surface area contributed by atoms with Gasteiger partial charge in [-0.25, -0.2) is 9.37 Å². The molecule has 0 fully saturated rings. The molecule has 0 saturated heterocycles. The normalized spacial score (nSPS) is 11.4. The minimum absolute atomic E-state index is 0.134. The molecule has 0 amide bonds. The smallest absolute Gasteiger partial charge is 0.180 e. The molecule has 0 saturated carbocycles. The first kappa shape index (κ1) is 22.4. The number of halogens is 2. The third-order valence-corrected chi connectivity index (χ3v) is 5.21. The van der Waals surface area contributed by atoms with Crippen LogP contribution in [0.5, 0.6) is 11.5 Å². The molecule has 0 spiro atoms. The van der Waals surface area contributed by atoms with Crippen molar-refractivity contribution < 1.29 is 13.9 Å². The van der Waals surface area contributed by atoms with Crippen molar-refractivity contribution in [2.45, 2.75) is 20.5 Å². The van der Waals surface area contributed by atoms with Crippen LogP contribution in [0.1, 0.15) is 29.4 Å². The van der Waals surface area contributed by atoms with Gasteiger partial charge in [0.05, 0.1) is 28.2 Å². The van der Waals surface area contributed by atoms with E-state index in [9.17, 15) is 9.65 Å². The van der Waals surface area contributed by atoms with Crippen LogP contribution in [0.25, 0.3) is 22.7 Å². The second-order valence-corrected chi connectivity index (χ2v) is 7.86. The number of hydrogen-bond donors (Lipinski definition) is 1. The molecule has 0 atom stereocenters. The number of fused-ring (bicyclic) bond motifs is 1. The molecule has 7 heteroatoms. The highest BCUT2D eigenvalue weighted by molar-refractivity contribution is 6.32. The van der Waals surface area contributed by atoms with E-state index in [1.54, 1.807) is 30.3 Å². The first-order valence-electron chi connectivity index (χ1n) is 10.4. The van der Waals surface area contributed by atoms with Gasteiger partial charge in [0, 0.05) is 0 Å². The molecule has 4 rings (SSSR count). The lowest BCUT2D eigenvalue weighted by molar-refractivity contribution is 0.269. The van der Waals surface area contributed by atoms with Crippen LogP contribution >= 0.6 is 11.6 Å². The first-order valence-corrected chi connectivity index (χ1v) is 10.8. The third-order valence-electron chi connectivity index (χ3n) is 4.93. The Kier molecular flexibility index (Phi) is 6.62. The van der Waals surface area contributed by atoms with Crippen LogP contribution in [0, 0.1) is 24.1 Å². The van der Waals surface area contributed by atoms with Gasteiger partial charge in [-0.3, -0.25) is 0 Å². The van der Waals surface area contributed by atoms with Gasteiger partial charge in [-0.2, -0.15) is 5.26 Å². The molecule has 4 aromatic rings. The molecule has 0 aliphatic carbocycles. The van der Waals surface area contributed by atoms with Gasteiger partial charge >= 0.3 is 0 Å². The van der Waals surface area contributed by atoms with Gasteiger partial charge in [-0.15, -0.1) is 0 Å². The van der Waals surface area contributed by atoms with Crippen LogP contribution in [0.4, 0.5) is 4.39 Å². The molecule has 1 N–H and O–H groups in total. The Labute approximate surface area is 196 Å². The predicted molar refractivity (Wildman–Crippen MR) is 128 cm³/mol. The fourth-order valence-corrected chi connectivity index (χ4v) is 3.70. The highest BCUT2D eigenvalue weighted by atomic mass is 35.5. The standard InChI is InChI=1S/C26H21ClFN3O2/c1-3-32-24-13-18(12-21(27)25(24)33-15-17-5-4-6-20(28)11-17)10-19(14-29)26-30-22-8-7-16(2)9-23(22)31-26/h4-13H,3,15H2,1-2H3,(H,30,31). The van der Waals surface area contributed by atoms with Crippen molar-refractivity contribution >= 4 is 34.3 Å². The summed E-state index contributed by atoms with van der Waals surface area (Å²) in [7, 11) is 0. The van der Waals surface area contributed by atoms with Crippen LogP contribution in [0.2, 0.25) is 5.02 Å². The maximum absolute atomic E-state index is 13.5. The lowest BCUT2D eigenvalue weighted by atomic mass is 10.1. The zero-order valence-corrected chi connectivity index (χ0v) is 18.9. The zero-order valence-electron chi connectivity index (χ0n) is 18.2. The average Bonchev–Trinajstić information content (AvgIpc) is 3.20. The number of H-pyrrole nitrogens is 1. The number of nitrogens with zero attached hydrogens (tertiary/aromatic N) is 2. The second kappa shape index (κ2) is 9.76. The molecule has 3 aromatic carbocycles. The Hall–Kier alpha value is -3.82. The number of allylic oxidation sites excluding steroid dienone is 1. The summed E-state index contributed by atoms with van der Waals surface area (Å²) in [6.45, 7) is 4.38. The number of imidazole rings is 1. The van der Waals surface area contributed by atoms with E-state index >= 15 is 0 Å². The Morgan fingerprint density at radius 3 is 2.79 bits per heavy atom. The summed E-state index contributed by atoms with van der Waals surface area (Å²) in [5, 5.41) is 10.1. The number of nitrogens with one attached hydrogen (secondary N) is 1. The van der Waals surface area contributed by atoms with Crippen molar-refractivity contribution in [3.63, 3.8) is 0 Å². The lowest BCUT2D eigenvalue weighted by Gasteiger charge is -2.15. The number of aromatic nitrogens is 2. The fourth-order valence-electron chi connectivity index (χ4n) is 3.43. The van der Waals surface area contributed by atoms with Crippen LogP contribution in [0.15, 0.2) is 54.6 Å². The molecule has 0 radical (unpaired) electrons. The maximum atomic E-state index is 13.5. The zero-order chi connectivity index (χ0) is 23.4. The minimum Gasteiger partial charge on any atom is -0.490 e. The van der Waals surface area contributed by atoms with Gasteiger partial charge in [0.1, 0.15) is 24.3 Å². The number of rotatable bonds is 7. The molecule has 5 nitrogen and oxygen atoms in total. The van der Waals surface area contributed by atoms with Gasteiger partial charge in [0.25, 0.3) is 0 Å². The molecule has 1 aromatic heterocycles. The summed E-state index contributed by atoms with van der Waals surface area (Å²) >= 11 is 6.51. The molecule has 0 aliphatic rings. The van der Waals surface area contributed by atoms with Gasteiger partial charge in [0.15, 0.2) is 11.5 Å². The Morgan fingerprint density at radius 2 is 2.03 bits per heavy atom. The third kappa shape index (κ3) is 5.16. The maximum Gasteiger partial charge on any atom is 0.180 e. The summed E-state index contributed by atoms with van der Waals surface area (Å²) in [5.74, 6) is 0.930. The van der Waals surface area contributed by atoms with Crippen molar-refractivity contribution in [1.82, 2.24) is 9.97 Å². The summed E-state index contributed by atoms with van der Waals surface area (Å²) in [5.41, 5.74) is 4.43. The number of benzene rings is 3. The van der Waals surface area contributed by atoms with Crippen LogP contribution < -0.4 is 9.47 Å². The highest BCUT2D eigenvalue weighted by Crippen LogP contribution is 2.38. The molecule has 166 valence electrons. The largest absolute Gasteiger partial charge is 0.490 e. The van der Waals surface area contributed by atoms with Crippen LogP contribution in [0.3, 0.4) is 0 Å². The van der Waals surface area contributed by atoms with Crippen LogP contribution in [-0.2, 0) is 6.61 Å². The Balaban J connectivity index is 1.66. The molecule has 1 heterocycles. The quantitative estimate of drug-likeness (QED) is 0.310. The molecule has 33 heavy (non-hydrogen) atoms. The minimum atomic E-state index is -0.336. The van der Waals surface area contributed by atoms with Crippen molar-refractivity contribution in [2.75, 3.05) is 6.61 Å². The fraction of sp³-hybridized carbons (Fsp3) is 0.154. The van der Waals surface area contributed by atoms with Gasteiger partial charge < -0.3 is 14.5 Å². The number of hydrogen-bond acceptors (Lipinski definition) is 4. The van der Waals surface area contributed by atoms with E-state index in [1.165, 1.54) is 12.1 Å². The van der Waals surface area contributed by atoms with E-state index in [2.05, 4.69) is 16.0 Å². The number of aromatic amines is 1. The average molecular weight is 462 g/mol. The van der Waals surface area contributed by atoms with E-state index in [-0.39, 0.29) is 12.4 Å². The van der Waals surface area contributed by atoms with Crippen molar-refractivity contribution in [3.8, 4) is 17.6 Å². The van der Waals surface area contributed by atoms with E-state index in [1.807, 2.05) is 32.0 Å². The summed E-state index contributed by atoms with van der Waals surface area (Å²) in [6.07, 6.45) is 1.69. The van der Waals surface area contributed by atoms with Gasteiger partial charge in [-0.05, 0) is 73.0 Å².